The Morgan fingerprint density at radius 2 is 1.04 bits per heavy atom. The molecule has 0 aliphatic carbocycles. The molecule has 0 aromatic heterocycles. The van der Waals surface area contributed by atoms with E-state index in [1.165, 1.54) is 23.5 Å². The molecule has 4 unspecified atom stereocenters. The Hall–Kier alpha value is -0.980. The van der Waals surface area contributed by atoms with E-state index in [0.29, 0.717) is 0 Å². The molecule has 0 saturated heterocycles. The van der Waals surface area contributed by atoms with Crippen LogP contribution in [0, 0.1) is 0 Å². The summed E-state index contributed by atoms with van der Waals surface area (Å²) >= 11 is 2.91. The van der Waals surface area contributed by atoms with Gasteiger partial charge in [0.2, 0.25) is 0 Å². The van der Waals surface area contributed by atoms with E-state index >= 15 is 0 Å². The van der Waals surface area contributed by atoms with E-state index in [2.05, 4.69) is 0 Å². The van der Waals surface area contributed by atoms with Crippen LogP contribution in [0.3, 0.4) is 0 Å². The average Bonchev–Trinajstić information content (AvgIpc) is 2.55. The fraction of sp³-hybridized carbons (Fsp3) is 0.333. The van der Waals surface area contributed by atoms with Gasteiger partial charge in [-0.3, -0.25) is 0 Å². The minimum atomic E-state index is -0.655. The smallest absolute Gasteiger partial charge is 0.134 e. The molecule has 3 nitrogen and oxygen atoms in total. The van der Waals surface area contributed by atoms with Gasteiger partial charge in [-0.1, -0.05) is 59.9 Å². The third-order valence-electron chi connectivity index (χ3n) is 3.05. The highest BCUT2D eigenvalue weighted by Gasteiger charge is 2.26. The van der Waals surface area contributed by atoms with Crippen LogP contribution in [0.4, 0.5) is 0 Å². The van der Waals surface area contributed by atoms with Gasteiger partial charge in [0.1, 0.15) is 10.9 Å². The van der Waals surface area contributed by atoms with Gasteiger partial charge < -0.3 is 14.9 Å². The second-order valence-electron chi connectivity index (χ2n) is 5.22. The number of rotatable bonds is 8. The second kappa shape index (κ2) is 9.35. The van der Waals surface area contributed by atoms with Crippen LogP contribution in [0.2, 0.25) is 0 Å². The van der Waals surface area contributed by atoms with Crippen LogP contribution in [0.25, 0.3) is 0 Å². The maximum Gasteiger partial charge on any atom is 0.134 e. The first-order chi connectivity index (χ1) is 11.1. The highest BCUT2D eigenvalue weighted by Crippen LogP contribution is 2.33. The molecule has 0 aliphatic rings. The number of thioether (sulfide) groups is 2. The topological polar surface area (TPSA) is 49.7 Å². The Morgan fingerprint density at radius 1 is 0.696 bits per heavy atom. The zero-order valence-corrected chi connectivity index (χ0v) is 14.8. The van der Waals surface area contributed by atoms with Crippen LogP contribution in [-0.4, -0.2) is 33.3 Å². The van der Waals surface area contributed by atoms with Crippen molar-refractivity contribution < 1.29 is 14.9 Å². The van der Waals surface area contributed by atoms with Gasteiger partial charge in [0, 0.05) is 9.79 Å². The van der Waals surface area contributed by atoms with Crippen molar-refractivity contribution >= 4 is 23.5 Å². The first-order valence-corrected chi connectivity index (χ1v) is 9.27. The van der Waals surface area contributed by atoms with Gasteiger partial charge in [-0.15, -0.1) is 0 Å². The molecule has 0 bridgehead atoms. The summed E-state index contributed by atoms with van der Waals surface area (Å²) in [5, 5.41) is 20.1. The van der Waals surface area contributed by atoms with E-state index < -0.39 is 23.1 Å². The van der Waals surface area contributed by atoms with Crippen molar-refractivity contribution in [2.45, 2.75) is 46.7 Å². The third kappa shape index (κ3) is 6.20. The maximum atomic E-state index is 10.0. The van der Waals surface area contributed by atoms with Crippen LogP contribution in [0.1, 0.15) is 13.8 Å². The fourth-order valence-electron chi connectivity index (χ4n) is 1.88. The molecule has 23 heavy (non-hydrogen) atoms. The number of aliphatic hydroxyl groups is 2. The molecule has 0 fully saturated rings. The lowest BCUT2D eigenvalue weighted by atomic mass is 10.4. The van der Waals surface area contributed by atoms with Crippen molar-refractivity contribution in [1.29, 1.82) is 0 Å². The summed E-state index contributed by atoms with van der Waals surface area (Å²) in [7, 11) is 0. The molecular formula is C18H22O3S2. The summed E-state index contributed by atoms with van der Waals surface area (Å²) in [6.07, 6.45) is -1.31. The summed E-state index contributed by atoms with van der Waals surface area (Å²) in [4.78, 5) is 2.04. The minimum absolute atomic E-state index is 0.451. The first kappa shape index (κ1) is 18.4. The molecule has 0 radical (unpaired) electrons. The fourth-order valence-corrected chi connectivity index (χ4v) is 3.86. The quantitative estimate of drug-likeness (QED) is 0.557. The first-order valence-electron chi connectivity index (χ1n) is 7.51. The molecule has 124 valence electrons. The average molecular weight is 351 g/mol. The minimum Gasteiger partial charge on any atom is -0.390 e. The van der Waals surface area contributed by atoms with Crippen LogP contribution in [0.5, 0.6) is 0 Å². The molecule has 0 aliphatic heterocycles. The van der Waals surface area contributed by atoms with Crippen molar-refractivity contribution in [1.82, 2.24) is 0 Å². The van der Waals surface area contributed by atoms with Crippen molar-refractivity contribution in [3.8, 4) is 0 Å². The molecule has 4 atom stereocenters. The summed E-state index contributed by atoms with van der Waals surface area (Å²) in [6.45, 7) is 3.40. The van der Waals surface area contributed by atoms with E-state index in [0.717, 1.165) is 9.79 Å². The summed E-state index contributed by atoms with van der Waals surface area (Å²) < 4.78 is 6.01. The van der Waals surface area contributed by atoms with E-state index in [-0.39, 0.29) is 0 Å². The number of aliphatic hydroxyl groups excluding tert-OH is 2. The lowest BCUT2D eigenvalue weighted by molar-refractivity contribution is -0.0311. The highest BCUT2D eigenvalue weighted by molar-refractivity contribution is 8.00. The summed E-state index contributed by atoms with van der Waals surface area (Å²) in [6, 6.07) is 19.6. The number of hydrogen-bond acceptors (Lipinski definition) is 5. The van der Waals surface area contributed by atoms with Crippen LogP contribution in [0.15, 0.2) is 70.5 Å². The van der Waals surface area contributed by atoms with Crippen molar-refractivity contribution in [2.75, 3.05) is 0 Å². The van der Waals surface area contributed by atoms with Gasteiger partial charge in [-0.05, 0) is 38.1 Å². The highest BCUT2D eigenvalue weighted by atomic mass is 32.2. The predicted octanol–water partition coefficient (Wildman–Crippen LogP) is 4.00. The second-order valence-corrected chi connectivity index (χ2v) is 7.56. The Bertz CT molecular complexity index is 509. The van der Waals surface area contributed by atoms with Gasteiger partial charge in [0.25, 0.3) is 0 Å². The van der Waals surface area contributed by atoms with Gasteiger partial charge in [-0.2, -0.15) is 0 Å². The van der Waals surface area contributed by atoms with Crippen LogP contribution in [-0.2, 0) is 4.74 Å². The summed E-state index contributed by atoms with van der Waals surface area (Å²) in [5.74, 6) is 0. The molecule has 2 aromatic rings. The Balaban J connectivity index is 2.05. The standard InChI is InChI=1S/C18H22O3S2/c1-13(19)17(22-15-9-5-3-6-10-15)21-18(14(2)20)23-16-11-7-4-8-12-16/h3-14,17-20H,1-2H3. The van der Waals surface area contributed by atoms with E-state index in [9.17, 15) is 10.2 Å². The predicted molar refractivity (Wildman–Crippen MR) is 96.6 cm³/mol. The third-order valence-corrected chi connectivity index (χ3v) is 5.61. The molecule has 0 amide bonds. The molecule has 2 aromatic carbocycles. The zero-order valence-electron chi connectivity index (χ0n) is 13.2. The molecule has 2 N–H and O–H groups in total. The largest absolute Gasteiger partial charge is 0.390 e. The number of ether oxygens (including phenoxy) is 1. The Morgan fingerprint density at radius 3 is 1.35 bits per heavy atom. The van der Waals surface area contributed by atoms with Crippen molar-refractivity contribution in [3.63, 3.8) is 0 Å². The SMILES string of the molecule is CC(O)C(OC(Sc1ccccc1)C(C)O)Sc1ccccc1. The lowest BCUT2D eigenvalue weighted by Crippen LogP contribution is -2.32. The van der Waals surface area contributed by atoms with Crippen LogP contribution >= 0.6 is 23.5 Å². The van der Waals surface area contributed by atoms with E-state index in [4.69, 9.17) is 4.74 Å². The van der Waals surface area contributed by atoms with E-state index in [1.54, 1.807) is 13.8 Å². The molecule has 0 saturated carbocycles. The normalized spacial score (nSPS) is 16.5. The summed E-state index contributed by atoms with van der Waals surface area (Å²) in [5.41, 5.74) is -0.901. The molecule has 5 heteroatoms. The lowest BCUT2D eigenvalue weighted by Gasteiger charge is -2.27. The molecular weight excluding hydrogens is 328 g/mol. The van der Waals surface area contributed by atoms with Gasteiger partial charge in [-0.25, -0.2) is 0 Å². The van der Waals surface area contributed by atoms with Gasteiger partial charge >= 0.3 is 0 Å². The van der Waals surface area contributed by atoms with Gasteiger partial charge in [0.05, 0.1) is 12.2 Å². The molecule has 0 spiro atoms. The monoisotopic (exact) mass is 350 g/mol. The number of hydrogen-bond donors (Lipinski definition) is 2. The number of benzene rings is 2. The van der Waals surface area contributed by atoms with Crippen LogP contribution < -0.4 is 0 Å². The Kier molecular flexibility index (Phi) is 7.46. The van der Waals surface area contributed by atoms with Crippen molar-refractivity contribution in [2.24, 2.45) is 0 Å². The molecule has 0 heterocycles. The molecule has 2 rings (SSSR count). The zero-order chi connectivity index (χ0) is 16.7. The van der Waals surface area contributed by atoms with E-state index in [1.807, 2.05) is 60.7 Å². The Labute approximate surface area is 146 Å². The maximum absolute atomic E-state index is 10.0. The van der Waals surface area contributed by atoms with Crippen molar-refractivity contribution in [3.05, 3.63) is 60.7 Å². The van der Waals surface area contributed by atoms with Gasteiger partial charge in [0.15, 0.2) is 0 Å².